The summed E-state index contributed by atoms with van der Waals surface area (Å²) in [6, 6.07) is 11.1. The molecule has 2 aliphatic rings. The van der Waals surface area contributed by atoms with Gasteiger partial charge in [-0.3, -0.25) is 9.69 Å². The van der Waals surface area contributed by atoms with Crippen LogP contribution in [0.5, 0.6) is 0 Å². The zero-order valence-electron chi connectivity index (χ0n) is 16.5. The van der Waals surface area contributed by atoms with E-state index < -0.39 is 0 Å². The van der Waals surface area contributed by atoms with Gasteiger partial charge in [0.25, 0.3) is 0 Å². The maximum absolute atomic E-state index is 12.5. The summed E-state index contributed by atoms with van der Waals surface area (Å²) in [6.45, 7) is 5.09. The van der Waals surface area contributed by atoms with Crippen LogP contribution in [0.1, 0.15) is 28.5 Å². The Labute approximate surface area is 171 Å². The Kier molecular flexibility index (Phi) is 6.29. The zero-order chi connectivity index (χ0) is 19.3. The highest BCUT2D eigenvalue weighted by Crippen LogP contribution is 2.31. The summed E-state index contributed by atoms with van der Waals surface area (Å²) in [5.41, 5.74) is 4.07. The maximum atomic E-state index is 12.5. The summed E-state index contributed by atoms with van der Waals surface area (Å²) in [5.74, 6) is 0.0957. The van der Waals surface area contributed by atoms with Gasteiger partial charge in [-0.15, -0.1) is 11.3 Å². The second kappa shape index (κ2) is 9.07. The van der Waals surface area contributed by atoms with Crippen LogP contribution in [0.2, 0.25) is 0 Å². The third kappa shape index (κ3) is 4.57. The van der Waals surface area contributed by atoms with Crippen molar-refractivity contribution < 1.29 is 9.53 Å². The minimum absolute atomic E-state index is 0.0957. The molecule has 0 radical (unpaired) electrons. The first-order chi connectivity index (χ1) is 13.7. The van der Waals surface area contributed by atoms with E-state index in [1.807, 2.05) is 17.5 Å². The van der Waals surface area contributed by atoms with Crippen LogP contribution in [0.4, 0.5) is 5.69 Å². The molecular weight excluding hydrogens is 370 g/mol. The maximum Gasteiger partial charge on any atom is 0.225 e. The van der Waals surface area contributed by atoms with Gasteiger partial charge in [0.05, 0.1) is 25.7 Å². The number of aryl methyl sites for hydroxylation is 1. The summed E-state index contributed by atoms with van der Waals surface area (Å²) in [7, 11) is 2.17. The number of hydrogen-bond acceptors (Lipinski definition) is 5. The molecule has 0 aliphatic carbocycles. The van der Waals surface area contributed by atoms with E-state index in [4.69, 9.17) is 4.74 Å². The number of nitrogens with one attached hydrogen (secondary N) is 1. The second-order valence-electron chi connectivity index (χ2n) is 7.64. The molecule has 0 unspecified atom stereocenters. The number of thiophene rings is 1. The van der Waals surface area contributed by atoms with Crippen molar-refractivity contribution in [1.82, 2.24) is 10.2 Å². The number of hydrogen-bond donors (Lipinski definition) is 1. The highest BCUT2D eigenvalue weighted by Gasteiger charge is 2.25. The molecule has 1 aromatic heterocycles. The predicted octanol–water partition coefficient (Wildman–Crippen LogP) is 2.86. The van der Waals surface area contributed by atoms with Gasteiger partial charge in [-0.05, 0) is 41.5 Å². The highest BCUT2D eigenvalue weighted by molar-refractivity contribution is 7.10. The van der Waals surface area contributed by atoms with Crippen LogP contribution in [0, 0.1) is 0 Å². The summed E-state index contributed by atoms with van der Waals surface area (Å²) >= 11 is 1.63. The molecule has 2 aliphatic heterocycles. The Morgan fingerprint density at radius 3 is 2.89 bits per heavy atom. The molecule has 0 spiro atoms. The molecule has 5 nitrogen and oxygen atoms in total. The number of benzene rings is 1. The van der Waals surface area contributed by atoms with Crippen molar-refractivity contribution in [2.24, 2.45) is 0 Å². The Morgan fingerprint density at radius 2 is 2.11 bits per heavy atom. The third-order valence-corrected chi connectivity index (χ3v) is 6.61. The second-order valence-corrected chi connectivity index (χ2v) is 8.67. The molecule has 6 heteroatoms. The summed E-state index contributed by atoms with van der Waals surface area (Å²) in [5, 5.41) is 5.20. The first kappa shape index (κ1) is 19.4. The Balaban J connectivity index is 1.49. The smallest absolute Gasteiger partial charge is 0.225 e. The lowest BCUT2D eigenvalue weighted by Crippen LogP contribution is -2.44. The van der Waals surface area contributed by atoms with Crippen molar-refractivity contribution in [1.29, 1.82) is 0 Å². The monoisotopic (exact) mass is 399 g/mol. The van der Waals surface area contributed by atoms with Gasteiger partial charge in [-0.1, -0.05) is 18.2 Å². The van der Waals surface area contributed by atoms with Crippen molar-refractivity contribution >= 4 is 22.9 Å². The number of carbonyl (C=O) groups is 1. The molecule has 1 fully saturated rings. The lowest BCUT2D eigenvalue weighted by molar-refractivity contribution is -0.120. The van der Waals surface area contributed by atoms with Gasteiger partial charge in [0.15, 0.2) is 0 Å². The van der Waals surface area contributed by atoms with Crippen LogP contribution in [0.15, 0.2) is 35.7 Å². The highest BCUT2D eigenvalue weighted by atomic mass is 32.1. The van der Waals surface area contributed by atoms with Gasteiger partial charge in [0.1, 0.15) is 0 Å². The van der Waals surface area contributed by atoms with Crippen LogP contribution in [-0.4, -0.2) is 57.2 Å². The Morgan fingerprint density at radius 1 is 1.25 bits per heavy atom. The summed E-state index contributed by atoms with van der Waals surface area (Å²) in [4.78, 5) is 18.3. The van der Waals surface area contributed by atoms with Crippen molar-refractivity contribution in [3.05, 3.63) is 51.7 Å². The molecule has 3 heterocycles. The van der Waals surface area contributed by atoms with E-state index in [-0.39, 0.29) is 11.9 Å². The van der Waals surface area contributed by atoms with E-state index in [2.05, 4.69) is 40.4 Å². The van der Waals surface area contributed by atoms with Gasteiger partial charge in [0, 0.05) is 43.8 Å². The first-order valence-corrected chi connectivity index (χ1v) is 11.0. The van der Waals surface area contributed by atoms with Crippen molar-refractivity contribution in [2.75, 3.05) is 51.3 Å². The number of anilines is 1. The van der Waals surface area contributed by atoms with Crippen LogP contribution < -0.4 is 10.2 Å². The predicted molar refractivity (Wildman–Crippen MR) is 114 cm³/mol. The molecule has 28 heavy (non-hydrogen) atoms. The fourth-order valence-electron chi connectivity index (χ4n) is 4.20. The number of nitrogens with zero attached hydrogens (tertiary/aromatic N) is 2. The average molecular weight is 400 g/mol. The number of morpholine rings is 1. The van der Waals surface area contributed by atoms with Crippen molar-refractivity contribution in [2.45, 2.75) is 25.3 Å². The summed E-state index contributed by atoms with van der Waals surface area (Å²) < 4.78 is 5.55. The van der Waals surface area contributed by atoms with Crippen LogP contribution in [0.3, 0.4) is 0 Å². The largest absolute Gasteiger partial charge is 0.379 e. The van der Waals surface area contributed by atoms with Crippen molar-refractivity contribution in [3.8, 4) is 0 Å². The first-order valence-electron chi connectivity index (χ1n) is 10.2. The number of fused-ring (bicyclic) bond motifs is 1. The van der Waals surface area contributed by atoms with E-state index in [1.165, 1.54) is 23.2 Å². The van der Waals surface area contributed by atoms with Crippen LogP contribution in [0.25, 0.3) is 0 Å². The zero-order valence-corrected chi connectivity index (χ0v) is 17.3. The Hall–Kier alpha value is -1.89. The number of amides is 1. The van der Waals surface area contributed by atoms with Gasteiger partial charge in [-0.2, -0.15) is 0 Å². The van der Waals surface area contributed by atoms with Gasteiger partial charge >= 0.3 is 0 Å². The molecule has 1 N–H and O–H groups in total. The molecule has 1 aromatic carbocycles. The van der Waals surface area contributed by atoms with E-state index in [9.17, 15) is 4.79 Å². The molecule has 4 rings (SSSR count). The van der Waals surface area contributed by atoms with Crippen molar-refractivity contribution in [3.63, 3.8) is 0 Å². The fourth-order valence-corrected chi connectivity index (χ4v) is 4.91. The lowest BCUT2D eigenvalue weighted by Gasteiger charge is -2.36. The summed E-state index contributed by atoms with van der Waals surface area (Å²) in [6.07, 6.45) is 2.79. The fraction of sp³-hybridized carbons (Fsp3) is 0.500. The van der Waals surface area contributed by atoms with Crippen LogP contribution >= 0.6 is 11.3 Å². The molecule has 1 saturated heterocycles. The standard InChI is InChI=1S/C22H29N3O2S/c1-24-8-2-4-17-14-18(6-7-20(17)24)21(25-9-11-27-12-10-25)16-23-22(26)15-19-5-3-13-28-19/h3,5-7,13-14,21H,2,4,8-12,15-16H2,1H3,(H,23,26)/t21-/m0/s1. The minimum atomic E-state index is 0.0957. The number of ether oxygens (including phenoxy) is 1. The van der Waals surface area contributed by atoms with E-state index in [0.717, 1.165) is 44.1 Å². The van der Waals surface area contributed by atoms with Gasteiger partial charge < -0.3 is 15.0 Å². The molecule has 1 amide bonds. The number of rotatable bonds is 6. The molecule has 1 atom stereocenters. The third-order valence-electron chi connectivity index (χ3n) is 5.73. The SMILES string of the molecule is CN1CCCc2cc([C@H](CNC(=O)Cc3cccs3)N3CCOCC3)ccc21. The molecule has 2 aromatic rings. The van der Waals surface area contributed by atoms with Crippen LogP contribution in [-0.2, 0) is 22.4 Å². The molecule has 0 saturated carbocycles. The van der Waals surface area contributed by atoms with E-state index in [0.29, 0.717) is 13.0 Å². The van der Waals surface area contributed by atoms with Gasteiger partial charge in [-0.25, -0.2) is 0 Å². The average Bonchev–Trinajstić information content (AvgIpc) is 3.22. The molecule has 0 bridgehead atoms. The topological polar surface area (TPSA) is 44.8 Å². The number of carbonyl (C=O) groups excluding carboxylic acids is 1. The minimum Gasteiger partial charge on any atom is -0.379 e. The van der Waals surface area contributed by atoms with Gasteiger partial charge in [0.2, 0.25) is 5.91 Å². The quantitative estimate of drug-likeness (QED) is 0.811. The molecule has 150 valence electrons. The lowest BCUT2D eigenvalue weighted by atomic mass is 9.95. The van der Waals surface area contributed by atoms with E-state index in [1.54, 1.807) is 11.3 Å². The normalized spacial score (nSPS) is 18.5. The Bertz CT molecular complexity index is 787. The molecular formula is C22H29N3O2S. The van der Waals surface area contributed by atoms with E-state index >= 15 is 0 Å².